The maximum Gasteiger partial charge on any atom is 0.221 e. The molecule has 0 spiro atoms. The lowest BCUT2D eigenvalue weighted by Crippen LogP contribution is -2.37. The van der Waals surface area contributed by atoms with Crippen LogP contribution in [0.2, 0.25) is 0 Å². The number of carbonyl (C=O) groups is 1. The molecule has 0 aliphatic carbocycles. The van der Waals surface area contributed by atoms with Crippen molar-refractivity contribution in [2.24, 2.45) is 5.73 Å². The molecule has 1 aromatic carbocycles. The minimum absolute atomic E-state index is 0.0594. The zero-order chi connectivity index (χ0) is 13.5. The van der Waals surface area contributed by atoms with Gasteiger partial charge in [0.05, 0.1) is 0 Å². The second-order valence-corrected chi connectivity index (χ2v) is 5.72. The summed E-state index contributed by atoms with van der Waals surface area (Å²) in [6.45, 7) is 6.60. The van der Waals surface area contributed by atoms with Crippen molar-refractivity contribution in [2.75, 3.05) is 12.3 Å². The lowest BCUT2D eigenvalue weighted by atomic mass is 10.1. The summed E-state index contributed by atoms with van der Waals surface area (Å²) < 4.78 is 0. The first-order valence-electron chi connectivity index (χ1n) is 6.22. The average molecular weight is 266 g/mol. The molecule has 18 heavy (non-hydrogen) atoms. The van der Waals surface area contributed by atoms with Gasteiger partial charge in [-0.1, -0.05) is 6.07 Å². The molecule has 0 saturated carbocycles. The Labute approximate surface area is 114 Å². The Hall–Kier alpha value is -1.00. The standard InChI is InChI=1S/C14H22N2OS/c1-10-4-5-13(8-11(10)2)18-7-6-14(17)16-12(3)9-15/h4-5,8,12H,6-7,9,15H2,1-3H3,(H,16,17)/t12-/m0/s1. The zero-order valence-corrected chi connectivity index (χ0v) is 12.1. The van der Waals surface area contributed by atoms with Crippen LogP contribution in [-0.2, 0) is 4.79 Å². The van der Waals surface area contributed by atoms with E-state index in [0.29, 0.717) is 13.0 Å². The van der Waals surface area contributed by atoms with Gasteiger partial charge in [-0.3, -0.25) is 4.79 Å². The van der Waals surface area contributed by atoms with Gasteiger partial charge in [-0.2, -0.15) is 0 Å². The molecule has 1 atom stereocenters. The smallest absolute Gasteiger partial charge is 0.221 e. The van der Waals surface area contributed by atoms with E-state index < -0.39 is 0 Å². The molecule has 1 aromatic rings. The molecule has 0 heterocycles. The van der Waals surface area contributed by atoms with Gasteiger partial charge in [0, 0.05) is 29.7 Å². The third-order valence-corrected chi connectivity index (χ3v) is 3.83. The summed E-state index contributed by atoms with van der Waals surface area (Å²) in [5.74, 6) is 0.871. The van der Waals surface area contributed by atoms with Gasteiger partial charge in [-0.25, -0.2) is 0 Å². The molecule has 100 valence electrons. The first-order valence-corrected chi connectivity index (χ1v) is 7.21. The van der Waals surface area contributed by atoms with Gasteiger partial charge in [-0.05, 0) is 44.0 Å². The number of carbonyl (C=O) groups excluding carboxylic acids is 1. The first kappa shape index (κ1) is 15.1. The van der Waals surface area contributed by atoms with Crippen LogP contribution in [0.1, 0.15) is 24.5 Å². The highest BCUT2D eigenvalue weighted by molar-refractivity contribution is 7.99. The Morgan fingerprint density at radius 2 is 2.11 bits per heavy atom. The van der Waals surface area contributed by atoms with Gasteiger partial charge < -0.3 is 11.1 Å². The van der Waals surface area contributed by atoms with Crippen molar-refractivity contribution in [3.63, 3.8) is 0 Å². The number of hydrogen-bond donors (Lipinski definition) is 2. The number of hydrogen-bond acceptors (Lipinski definition) is 3. The Bertz CT molecular complexity index is 407. The van der Waals surface area contributed by atoms with Gasteiger partial charge in [0.1, 0.15) is 0 Å². The number of rotatable bonds is 6. The van der Waals surface area contributed by atoms with Crippen LogP contribution in [-0.4, -0.2) is 24.2 Å². The number of benzene rings is 1. The predicted molar refractivity (Wildman–Crippen MR) is 77.9 cm³/mol. The topological polar surface area (TPSA) is 55.1 Å². The van der Waals surface area contributed by atoms with Crippen LogP contribution in [0.4, 0.5) is 0 Å². The van der Waals surface area contributed by atoms with Crippen molar-refractivity contribution in [2.45, 2.75) is 38.1 Å². The average Bonchev–Trinajstić information content (AvgIpc) is 2.33. The van der Waals surface area contributed by atoms with Crippen LogP contribution in [0, 0.1) is 13.8 Å². The van der Waals surface area contributed by atoms with Gasteiger partial charge in [0.25, 0.3) is 0 Å². The summed E-state index contributed by atoms with van der Waals surface area (Å²) in [5.41, 5.74) is 8.04. The molecule has 0 aromatic heterocycles. The van der Waals surface area contributed by atoms with Crippen LogP contribution in [0.25, 0.3) is 0 Å². The first-order chi connectivity index (χ1) is 8.52. The molecule has 0 radical (unpaired) electrons. The van der Waals surface area contributed by atoms with E-state index in [1.807, 2.05) is 6.92 Å². The molecule has 0 bridgehead atoms. The normalized spacial score (nSPS) is 12.2. The molecule has 0 unspecified atom stereocenters. The van der Waals surface area contributed by atoms with Crippen molar-refractivity contribution in [1.82, 2.24) is 5.32 Å². The highest BCUT2D eigenvalue weighted by atomic mass is 32.2. The van der Waals surface area contributed by atoms with Gasteiger partial charge in [-0.15, -0.1) is 11.8 Å². The maximum absolute atomic E-state index is 11.5. The Morgan fingerprint density at radius 1 is 1.39 bits per heavy atom. The number of amides is 1. The van der Waals surface area contributed by atoms with E-state index >= 15 is 0 Å². The lowest BCUT2D eigenvalue weighted by Gasteiger charge is -2.11. The van der Waals surface area contributed by atoms with Crippen molar-refractivity contribution in [1.29, 1.82) is 0 Å². The minimum atomic E-state index is 0.0594. The Kier molecular flexibility index (Phi) is 6.22. The monoisotopic (exact) mass is 266 g/mol. The number of nitrogens with one attached hydrogen (secondary N) is 1. The number of aryl methyl sites for hydroxylation is 2. The lowest BCUT2D eigenvalue weighted by molar-refractivity contribution is -0.121. The predicted octanol–water partition coefficient (Wildman–Crippen LogP) is 2.25. The highest BCUT2D eigenvalue weighted by Crippen LogP contribution is 2.21. The van der Waals surface area contributed by atoms with Crippen molar-refractivity contribution < 1.29 is 4.79 Å². The molecule has 0 aliphatic heterocycles. The Morgan fingerprint density at radius 3 is 2.72 bits per heavy atom. The quantitative estimate of drug-likeness (QED) is 0.777. The van der Waals surface area contributed by atoms with E-state index in [4.69, 9.17) is 5.73 Å². The molecule has 1 rings (SSSR count). The van der Waals surface area contributed by atoms with Gasteiger partial charge >= 0.3 is 0 Å². The van der Waals surface area contributed by atoms with E-state index in [-0.39, 0.29) is 11.9 Å². The van der Waals surface area contributed by atoms with E-state index in [1.165, 1.54) is 16.0 Å². The summed E-state index contributed by atoms with van der Waals surface area (Å²) >= 11 is 1.71. The van der Waals surface area contributed by atoms with Crippen molar-refractivity contribution in [3.05, 3.63) is 29.3 Å². The number of nitrogens with two attached hydrogens (primary N) is 1. The van der Waals surface area contributed by atoms with Crippen LogP contribution in [0.5, 0.6) is 0 Å². The van der Waals surface area contributed by atoms with E-state index in [0.717, 1.165) is 5.75 Å². The molecular formula is C14H22N2OS. The summed E-state index contributed by atoms with van der Waals surface area (Å²) in [7, 11) is 0. The largest absolute Gasteiger partial charge is 0.352 e. The van der Waals surface area contributed by atoms with E-state index in [1.54, 1.807) is 11.8 Å². The molecule has 4 heteroatoms. The van der Waals surface area contributed by atoms with Crippen LogP contribution in [0.3, 0.4) is 0 Å². The van der Waals surface area contributed by atoms with Crippen LogP contribution >= 0.6 is 11.8 Å². The summed E-state index contributed by atoms with van der Waals surface area (Å²) in [6, 6.07) is 6.45. The summed E-state index contributed by atoms with van der Waals surface area (Å²) in [5, 5.41) is 2.86. The fourth-order valence-corrected chi connectivity index (χ4v) is 2.42. The molecular weight excluding hydrogens is 244 g/mol. The van der Waals surface area contributed by atoms with Gasteiger partial charge in [0.2, 0.25) is 5.91 Å². The second kappa shape index (κ2) is 7.44. The highest BCUT2D eigenvalue weighted by Gasteiger charge is 2.05. The molecule has 0 saturated heterocycles. The van der Waals surface area contributed by atoms with Crippen LogP contribution < -0.4 is 11.1 Å². The van der Waals surface area contributed by atoms with Gasteiger partial charge in [0.15, 0.2) is 0 Å². The fourth-order valence-electron chi connectivity index (χ4n) is 1.47. The fraction of sp³-hybridized carbons (Fsp3) is 0.500. The molecule has 0 aliphatic rings. The second-order valence-electron chi connectivity index (χ2n) is 4.55. The molecule has 0 fully saturated rings. The van der Waals surface area contributed by atoms with Crippen molar-refractivity contribution in [3.8, 4) is 0 Å². The molecule has 1 amide bonds. The number of thioether (sulfide) groups is 1. The van der Waals surface area contributed by atoms with E-state index in [2.05, 4.69) is 37.4 Å². The van der Waals surface area contributed by atoms with Crippen molar-refractivity contribution >= 4 is 17.7 Å². The summed E-state index contributed by atoms with van der Waals surface area (Å²) in [4.78, 5) is 12.8. The Balaban J connectivity index is 2.33. The molecule has 3 nitrogen and oxygen atoms in total. The van der Waals surface area contributed by atoms with Crippen LogP contribution in [0.15, 0.2) is 23.1 Å². The third kappa shape index (κ3) is 5.10. The SMILES string of the molecule is Cc1ccc(SCCC(=O)N[C@@H](C)CN)cc1C. The minimum Gasteiger partial charge on any atom is -0.352 e. The van der Waals surface area contributed by atoms with E-state index in [9.17, 15) is 4.79 Å². The summed E-state index contributed by atoms with van der Waals surface area (Å²) in [6.07, 6.45) is 0.530. The maximum atomic E-state index is 11.5. The zero-order valence-electron chi connectivity index (χ0n) is 11.3. The molecule has 3 N–H and O–H groups in total. The third-order valence-electron chi connectivity index (χ3n) is 2.84.